The van der Waals surface area contributed by atoms with E-state index in [1.807, 2.05) is 31.0 Å². The highest BCUT2D eigenvalue weighted by atomic mass is 19.4. The van der Waals surface area contributed by atoms with Gasteiger partial charge in [-0.15, -0.1) is 0 Å². The molecule has 1 saturated heterocycles. The van der Waals surface area contributed by atoms with E-state index in [1.54, 1.807) is 0 Å². The Kier molecular flexibility index (Phi) is 6.64. The summed E-state index contributed by atoms with van der Waals surface area (Å²) in [5.74, 6) is -0.611. The predicted octanol–water partition coefficient (Wildman–Crippen LogP) is 0.689. The summed E-state index contributed by atoms with van der Waals surface area (Å²) in [5, 5.41) is 11.9. The number of aliphatic hydroxyl groups excluding tert-OH is 1. The first-order chi connectivity index (χ1) is 9.97. The minimum Gasteiger partial charge on any atom is -0.391 e. The van der Waals surface area contributed by atoms with E-state index in [-0.39, 0.29) is 12.0 Å². The number of β-amino-alcohol motifs (C(OH)–C–C–N with tert-alkyl or cyclic N) is 1. The van der Waals surface area contributed by atoms with Gasteiger partial charge in [0.1, 0.15) is 6.54 Å². The van der Waals surface area contributed by atoms with Gasteiger partial charge in [-0.3, -0.25) is 14.6 Å². The molecule has 0 bridgehead atoms. The molecule has 0 saturated carbocycles. The van der Waals surface area contributed by atoms with Gasteiger partial charge in [0.2, 0.25) is 5.91 Å². The number of aliphatic hydroxyl groups is 1. The van der Waals surface area contributed by atoms with Crippen LogP contribution in [0.5, 0.6) is 0 Å². The third-order valence-electron chi connectivity index (χ3n) is 3.75. The highest BCUT2D eigenvalue weighted by Gasteiger charge is 2.29. The van der Waals surface area contributed by atoms with Gasteiger partial charge in [0.05, 0.1) is 12.6 Å². The van der Waals surface area contributed by atoms with Crippen molar-refractivity contribution >= 4 is 5.91 Å². The highest BCUT2D eigenvalue weighted by molar-refractivity contribution is 5.78. The minimum absolute atomic E-state index is 0.0221. The number of hydrogen-bond donors (Lipinski definition) is 2. The van der Waals surface area contributed by atoms with Crippen molar-refractivity contribution < 1.29 is 23.1 Å². The van der Waals surface area contributed by atoms with Crippen molar-refractivity contribution in [1.82, 2.24) is 15.1 Å². The molecule has 1 rings (SSSR count). The summed E-state index contributed by atoms with van der Waals surface area (Å²) in [5.41, 5.74) is -0.186. The lowest BCUT2D eigenvalue weighted by molar-refractivity contribution is -0.139. The molecular formula is C14H26F3N3O2. The fourth-order valence-electron chi connectivity index (χ4n) is 2.11. The Morgan fingerprint density at radius 1 is 1.14 bits per heavy atom. The van der Waals surface area contributed by atoms with Crippen LogP contribution in [0.25, 0.3) is 0 Å². The molecule has 0 aromatic rings. The maximum atomic E-state index is 12.0. The molecule has 1 atom stereocenters. The van der Waals surface area contributed by atoms with Crippen LogP contribution in [0, 0.1) is 5.41 Å². The van der Waals surface area contributed by atoms with Crippen molar-refractivity contribution in [3.63, 3.8) is 0 Å². The zero-order chi connectivity index (χ0) is 17.0. The summed E-state index contributed by atoms with van der Waals surface area (Å²) in [4.78, 5) is 15.4. The smallest absolute Gasteiger partial charge is 0.391 e. The van der Waals surface area contributed by atoms with Gasteiger partial charge in [-0.25, -0.2) is 0 Å². The maximum absolute atomic E-state index is 12.0. The van der Waals surface area contributed by atoms with Crippen LogP contribution in [-0.4, -0.2) is 78.9 Å². The molecule has 0 unspecified atom stereocenters. The summed E-state index contributed by atoms with van der Waals surface area (Å²) in [6.07, 6.45) is -4.81. The van der Waals surface area contributed by atoms with Crippen molar-refractivity contribution in [1.29, 1.82) is 0 Å². The standard InChI is InChI=1S/C14H26F3N3O2/c1-13(2,3)11(21)8-19-4-6-20(7-5-19)9-12(22)18-10-14(15,16)17/h11,21H,4-10H2,1-3H3,(H,18,22)/t11-/m0/s1. The Balaban J connectivity index is 2.26. The predicted molar refractivity (Wildman–Crippen MR) is 77.4 cm³/mol. The number of rotatable bonds is 5. The quantitative estimate of drug-likeness (QED) is 0.781. The van der Waals surface area contributed by atoms with Crippen LogP contribution in [-0.2, 0) is 4.79 Å². The second kappa shape index (κ2) is 7.61. The molecule has 130 valence electrons. The van der Waals surface area contributed by atoms with Gasteiger partial charge in [-0.2, -0.15) is 13.2 Å². The van der Waals surface area contributed by atoms with Gasteiger partial charge < -0.3 is 10.4 Å². The number of amides is 1. The molecule has 0 aromatic carbocycles. The molecule has 0 aromatic heterocycles. The lowest BCUT2D eigenvalue weighted by Gasteiger charge is -2.37. The monoisotopic (exact) mass is 325 g/mol. The average Bonchev–Trinajstić information content (AvgIpc) is 2.37. The summed E-state index contributed by atoms with van der Waals surface area (Å²) >= 11 is 0. The number of carbonyl (C=O) groups excluding carboxylic acids is 1. The van der Waals surface area contributed by atoms with Crippen molar-refractivity contribution in [3.8, 4) is 0 Å². The molecule has 1 aliphatic rings. The van der Waals surface area contributed by atoms with Gasteiger partial charge in [0, 0.05) is 32.7 Å². The molecule has 0 radical (unpaired) electrons. The van der Waals surface area contributed by atoms with Gasteiger partial charge in [-0.1, -0.05) is 20.8 Å². The largest absolute Gasteiger partial charge is 0.405 e. The lowest BCUT2D eigenvalue weighted by atomic mass is 9.89. The maximum Gasteiger partial charge on any atom is 0.405 e. The Hall–Kier alpha value is -0.860. The van der Waals surface area contributed by atoms with Gasteiger partial charge in [-0.05, 0) is 5.41 Å². The van der Waals surface area contributed by atoms with Crippen LogP contribution in [0.15, 0.2) is 0 Å². The normalized spacial score (nSPS) is 20.0. The number of alkyl halides is 3. The Morgan fingerprint density at radius 2 is 1.64 bits per heavy atom. The Bertz CT molecular complexity index is 361. The number of nitrogens with zero attached hydrogens (tertiary/aromatic N) is 2. The second-order valence-corrected chi connectivity index (χ2v) is 6.85. The molecule has 1 fully saturated rings. The summed E-state index contributed by atoms with van der Waals surface area (Å²) in [6.45, 7) is 7.77. The van der Waals surface area contributed by atoms with Crippen molar-refractivity contribution in [2.24, 2.45) is 5.41 Å². The van der Waals surface area contributed by atoms with E-state index in [0.29, 0.717) is 32.7 Å². The molecule has 1 aliphatic heterocycles. The van der Waals surface area contributed by atoms with E-state index in [2.05, 4.69) is 4.90 Å². The van der Waals surface area contributed by atoms with Crippen LogP contribution in [0.3, 0.4) is 0 Å². The molecule has 5 nitrogen and oxygen atoms in total. The molecule has 8 heteroatoms. The summed E-state index contributed by atoms with van der Waals surface area (Å²) in [6, 6.07) is 0. The Labute approximate surface area is 129 Å². The lowest BCUT2D eigenvalue weighted by Crippen LogP contribution is -2.52. The summed E-state index contributed by atoms with van der Waals surface area (Å²) < 4.78 is 36.0. The van der Waals surface area contributed by atoms with E-state index < -0.39 is 24.7 Å². The van der Waals surface area contributed by atoms with E-state index in [4.69, 9.17) is 0 Å². The third kappa shape index (κ3) is 7.42. The highest BCUT2D eigenvalue weighted by Crippen LogP contribution is 2.20. The fourth-order valence-corrected chi connectivity index (χ4v) is 2.11. The molecule has 2 N–H and O–H groups in total. The zero-order valence-electron chi connectivity index (χ0n) is 13.4. The summed E-state index contributed by atoms with van der Waals surface area (Å²) in [7, 11) is 0. The number of hydrogen-bond acceptors (Lipinski definition) is 4. The zero-order valence-corrected chi connectivity index (χ0v) is 13.4. The number of carbonyl (C=O) groups is 1. The van der Waals surface area contributed by atoms with Crippen molar-refractivity contribution in [2.45, 2.75) is 33.1 Å². The van der Waals surface area contributed by atoms with E-state index in [0.717, 1.165) is 0 Å². The van der Waals surface area contributed by atoms with Crippen molar-refractivity contribution in [3.05, 3.63) is 0 Å². The first-order valence-electron chi connectivity index (χ1n) is 7.43. The number of piperazine rings is 1. The first kappa shape index (κ1) is 19.2. The van der Waals surface area contributed by atoms with Gasteiger partial charge in [0.25, 0.3) is 0 Å². The van der Waals surface area contributed by atoms with Crippen molar-refractivity contribution in [2.75, 3.05) is 45.8 Å². The van der Waals surface area contributed by atoms with Crippen LogP contribution in [0.1, 0.15) is 20.8 Å². The van der Waals surface area contributed by atoms with Gasteiger partial charge >= 0.3 is 6.18 Å². The first-order valence-corrected chi connectivity index (χ1v) is 7.43. The third-order valence-corrected chi connectivity index (χ3v) is 3.75. The van der Waals surface area contributed by atoms with E-state index >= 15 is 0 Å². The van der Waals surface area contributed by atoms with Crippen LogP contribution >= 0.6 is 0 Å². The Morgan fingerprint density at radius 3 is 2.09 bits per heavy atom. The molecule has 1 heterocycles. The molecule has 22 heavy (non-hydrogen) atoms. The minimum atomic E-state index is -4.38. The number of halogens is 3. The number of nitrogens with one attached hydrogen (secondary N) is 1. The SMILES string of the molecule is CC(C)(C)[C@@H](O)CN1CCN(CC(=O)NCC(F)(F)F)CC1. The molecule has 1 amide bonds. The molecule has 0 spiro atoms. The van der Waals surface area contributed by atoms with Crippen LogP contribution < -0.4 is 5.32 Å². The topological polar surface area (TPSA) is 55.8 Å². The average molecular weight is 325 g/mol. The van der Waals surface area contributed by atoms with E-state index in [1.165, 1.54) is 0 Å². The van der Waals surface area contributed by atoms with Crippen LogP contribution in [0.4, 0.5) is 13.2 Å². The second-order valence-electron chi connectivity index (χ2n) is 6.85. The van der Waals surface area contributed by atoms with Gasteiger partial charge in [0.15, 0.2) is 0 Å². The fraction of sp³-hybridized carbons (Fsp3) is 0.929. The molecule has 0 aliphatic carbocycles. The van der Waals surface area contributed by atoms with Crippen LogP contribution in [0.2, 0.25) is 0 Å². The van der Waals surface area contributed by atoms with E-state index in [9.17, 15) is 23.1 Å². The molecular weight excluding hydrogens is 299 g/mol.